The van der Waals surface area contributed by atoms with E-state index in [9.17, 15) is 10.2 Å². The number of hydrogen-bond donors (Lipinski definition) is 3. The molecule has 0 spiro atoms. The first-order valence-corrected chi connectivity index (χ1v) is 7.44. The second-order valence-corrected chi connectivity index (χ2v) is 5.80. The Hall–Kier alpha value is -2.00. The van der Waals surface area contributed by atoms with Crippen LogP contribution >= 0.6 is 0 Å². The average Bonchev–Trinajstić information content (AvgIpc) is 2.48. The predicted octanol–water partition coefficient (Wildman–Crippen LogP) is 3.19. The van der Waals surface area contributed by atoms with Crippen molar-refractivity contribution < 1.29 is 10.2 Å². The Bertz CT molecular complexity index is 679. The molecule has 0 radical (unpaired) electrons. The van der Waals surface area contributed by atoms with Crippen molar-refractivity contribution in [1.29, 1.82) is 0 Å². The van der Waals surface area contributed by atoms with Crippen LogP contribution in [-0.4, -0.2) is 23.8 Å². The molecule has 2 aromatic carbocycles. The number of phenols is 2. The highest BCUT2D eigenvalue weighted by Crippen LogP contribution is 2.47. The first kappa shape index (κ1) is 14.0. The largest absolute Gasteiger partial charge is 0.504 e. The summed E-state index contributed by atoms with van der Waals surface area (Å²) in [5.74, 6) is 0.380. The maximum Gasteiger partial charge on any atom is 0.165 e. The van der Waals surface area contributed by atoms with E-state index in [4.69, 9.17) is 0 Å². The van der Waals surface area contributed by atoms with E-state index in [1.165, 1.54) is 11.1 Å². The summed E-state index contributed by atoms with van der Waals surface area (Å²) >= 11 is 0. The summed E-state index contributed by atoms with van der Waals surface area (Å²) in [5.41, 5.74) is 5.60. The van der Waals surface area contributed by atoms with E-state index in [2.05, 4.69) is 18.3 Å². The van der Waals surface area contributed by atoms with E-state index in [0.29, 0.717) is 5.92 Å². The molecule has 1 atom stereocenters. The van der Waals surface area contributed by atoms with Crippen molar-refractivity contribution in [2.75, 3.05) is 13.6 Å². The summed E-state index contributed by atoms with van der Waals surface area (Å²) in [4.78, 5) is 0. The van der Waals surface area contributed by atoms with Crippen molar-refractivity contribution in [3.63, 3.8) is 0 Å². The summed E-state index contributed by atoms with van der Waals surface area (Å²) < 4.78 is 0. The Morgan fingerprint density at radius 3 is 2.76 bits per heavy atom. The van der Waals surface area contributed by atoms with Crippen molar-refractivity contribution in [3.8, 4) is 22.6 Å². The van der Waals surface area contributed by atoms with Gasteiger partial charge in [0.1, 0.15) is 0 Å². The second-order valence-electron chi connectivity index (χ2n) is 5.80. The molecule has 110 valence electrons. The van der Waals surface area contributed by atoms with Gasteiger partial charge in [0, 0.05) is 5.56 Å². The van der Waals surface area contributed by atoms with Gasteiger partial charge in [-0.15, -0.1) is 0 Å². The molecular weight excluding hydrogens is 262 g/mol. The van der Waals surface area contributed by atoms with Gasteiger partial charge in [0.05, 0.1) is 0 Å². The lowest BCUT2D eigenvalue weighted by Gasteiger charge is -2.28. The van der Waals surface area contributed by atoms with Gasteiger partial charge in [0.25, 0.3) is 0 Å². The molecule has 0 heterocycles. The Labute approximate surface area is 125 Å². The van der Waals surface area contributed by atoms with Gasteiger partial charge >= 0.3 is 0 Å². The van der Waals surface area contributed by atoms with Crippen LogP contribution in [0.5, 0.6) is 11.5 Å². The van der Waals surface area contributed by atoms with Crippen LogP contribution in [0.15, 0.2) is 30.3 Å². The molecule has 0 aliphatic heterocycles. The summed E-state index contributed by atoms with van der Waals surface area (Å²) in [6.45, 7) is 3.16. The van der Waals surface area contributed by atoms with Crippen molar-refractivity contribution in [1.82, 2.24) is 5.32 Å². The van der Waals surface area contributed by atoms with Crippen LogP contribution in [0.25, 0.3) is 11.1 Å². The number of rotatable bonds is 3. The summed E-state index contributed by atoms with van der Waals surface area (Å²) in [5, 5.41) is 23.3. The maximum absolute atomic E-state index is 10.3. The molecule has 1 unspecified atom stereocenters. The molecule has 3 rings (SSSR count). The van der Waals surface area contributed by atoms with Crippen molar-refractivity contribution in [3.05, 3.63) is 47.0 Å². The lowest BCUT2D eigenvalue weighted by Crippen LogP contribution is -2.15. The zero-order valence-corrected chi connectivity index (χ0v) is 12.5. The second kappa shape index (κ2) is 5.41. The van der Waals surface area contributed by atoms with Crippen LogP contribution in [0.2, 0.25) is 0 Å². The van der Waals surface area contributed by atoms with Gasteiger partial charge in [0.15, 0.2) is 11.5 Å². The smallest absolute Gasteiger partial charge is 0.165 e. The fourth-order valence-electron chi connectivity index (χ4n) is 3.42. The van der Waals surface area contributed by atoms with Crippen LogP contribution in [0, 0.1) is 0 Å². The minimum atomic E-state index is -0.0464. The average molecular weight is 283 g/mol. The molecule has 0 aromatic heterocycles. The maximum atomic E-state index is 10.3. The number of phenolic OH excluding ortho intramolecular Hbond substituents is 2. The molecule has 3 nitrogen and oxygen atoms in total. The van der Waals surface area contributed by atoms with Gasteiger partial charge in [-0.25, -0.2) is 0 Å². The van der Waals surface area contributed by atoms with Gasteiger partial charge in [-0.3, -0.25) is 0 Å². The van der Waals surface area contributed by atoms with E-state index < -0.39 is 0 Å². The van der Waals surface area contributed by atoms with Gasteiger partial charge in [-0.2, -0.15) is 0 Å². The zero-order valence-electron chi connectivity index (χ0n) is 12.5. The highest BCUT2D eigenvalue weighted by molar-refractivity contribution is 5.82. The third-order valence-electron chi connectivity index (χ3n) is 4.37. The first-order valence-electron chi connectivity index (χ1n) is 7.44. The summed E-state index contributed by atoms with van der Waals surface area (Å²) in [7, 11) is 1.96. The SMILES string of the molecule is CNCCc1cccc2c1C(C)Cc1ccc(O)c(O)c1-2. The number of hydrogen-bond acceptors (Lipinski definition) is 3. The molecule has 0 fully saturated rings. The monoisotopic (exact) mass is 283 g/mol. The van der Waals surface area contributed by atoms with Crippen LogP contribution in [-0.2, 0) is 12.8 Å². The van der Waals surface area contributed by atoms with Crippen LogP contribution in [0.4, 0.5) is 0 Å². The highest BCUT2D eigenvalue weighted by atomic mass is 16.3. The van der Waals surface area contributed by atoms with E-state index in [-0.39, 0.29) is 11.5 Å². The van der Waals surface area contributed by atoms with Crippen LogP contribution in [0.1, 0.15) is 29.5 Å². The van der Waals surface area contributed by atoms with Gasteiger partial charge in [-0.1, -0.05) is 31.2 Å². The molecule has 3 N–H and O–H groups in total. The summed E-state index contributed by atoms with van der Waals surface area (Å²) in [6, 6.07) is 9.75. The lowest BCUT2D eigenvalue weighted by atomic mass is 9.76. The Morgan fingerprint density at radius 1 is 1.19 bits per heavy atom. The third kappa shape index (κ3) is 2.28. The summed E-state index contributed by atoms with van der Waals surface area (Å²) in [6.07, 6.45) is 1.87. The molecule has 0 saturated heterocycles. The molecular formula is C18H21NO2. The van der Waals surface area contributed by atoms with Crippen molar-refractivity contribution >= 4 is 0 Å². The minimum absolute atomic E-state index is 0.00594. The Balaban J connectivity index is 2.20. The van der Waals surface area contributed by atoms with Gasteiger partial charge < -0.3 is 15.5 Å². The van der Waals surface area contributed by atoms with E-state index in [1.807, 2.05) is 25.2 Å². The fourth-order valence-corrected chi connectivity index (χ4v) is 3.42. The predicted molar refractivity (Wildman–Crippen MR) is 85.0 cm³/mol. The zero-order chi connectivity index (χ0) is 15.0. The number of fused-ring (bicyclic) bond motifs is 3. The molecule has 21 heavy (non-hydrogen) atoms. The number of benzene rings is 2. The van der Waals surface area contributed by atoms with Crippen molar-refractivity contribution in [2.45, 2.75) is 25.7 Å². The van der Waals surface area contributed by atoms with Crippen LogP contribution < -0.4 is 5.32 Å². The molecule has 0 bridgehead atoms. The van der Waals surface area contributed by atoms with Gasteiger partial charge in [0.2, 0.25) is 0 Å². The Kier molecular flexibility index (Phi) is 3.60. The molecule has 0 amide bonds. The fraction of sp³-hybridized carbons (Fsp3) is 0.333. The van der Waals surface area contributed by atoms with E-state index in [0.717, 1.165) is 36.1 Å². The molecule has 3 heteroatoms. The highest BCUT2D eigenvalue weighted by Gasteiger charge is 2.27. The topological polar surface area (TPSA) is 52.5 Å². The van der Waals surface area contributed by atoms with E-state index in [1.54, 1.807) is 6.07 Å². The minimum Gasteiger partial charge on any atom is -0.504 e. The quantitative estimate of drug-likeness (QED) is 0.758. The number of likely N-dealkylation sites (N-methyl/N-ethyl adjacent to an activating group) is 1. The molecule has 1 aliphatic carbocycles. The standard InChI is InChI=1S/C18H21NO2/c1-11-10-13-6-7-15(20)18(21)17(13)14-5-3-4-12(16(11)14)8-9-19-2/h3-7,11,19-21H,8-10H2,1-2H3. The Morgan fingerprint density at radius 2 is 2.00 bits per heavy atom. The molecule has 1 aliphatic rings. The van der Waals surface area contributed by atoms with Crippen LogP contribution in [0.3, 0.4) is 0 Å². The normalized spacial score (nSPS) is 16.4. The van der Waals surface area contributed by atoms with E-state index >= 15 is 0 Å². The number of aromatic hydroxyl groups is 2. The molecule has 0 saturated carbocycles. The van der Waals surface area contributed by atoms with Crippen molar-refractivity contribution in [2.24, 2.45) is 0 Å². The first-order chi connectivity index (χ1) is 10.1. The third-order valence-corrected chi connectivity index (χ3v) is 4.37. The van der Waals surface area contributed by atoms with Gasteiger partial charge in [-0.05, 0) is 60.7 Å². The number of nitrogens with one attached hydrogen (secondary N) is 1. The lowest BCUT2D eigenvalue weighted by molar-refractivity contribution is 0.404. The molecule has 2 aromatic rings.